The summed E-state index contributed by atoms with van der Waals surface area (Å²) >= 11 is 0. The first-order valence-electron chi connectivity index (χ1n) is 23.1. The minimum absolute atomic E-state index is 0.0413. The van der Waals surface area contributed by atoms with Crippen molar-refractivity contribution < 1.29 is 38.1 Å². The van der Waals surface area contributed by atoms with Gasteiger partial charge in [-0.3, -0.25) is 9.59 Å². The molecule has 0 saturated carbocycles. The number of hydrogen-bond donors (Lipinski definition) is 4. The van der Waals surface area contributed by atoms with E-state index in [1.54, 1.807) is 6.20 Å². The van der Waals surface area contributed by atoms with Crippen LogP contribution in [0.15, 0.2) is 67.0 Å². The van der Waals surface area contributed by atoms with Crippen LogP contribution in [0.4, 0.5) is 9.59 Å². The summed E-state index contributed by atoms with van der Waals surface area (Å²) in [5.41, 5.74) is 6.25. The fraction of sp³-hybridized carbons (Fsp3) is 0.490. The molecule has 6 atom stereocenters. The fourth-order valence-corrected chi connectivity index (χ4v) is 10.3. The number of H-pyrrole nitrogens is 2. The Hall–Kier alpha value is -6.33. The fourth-order valence-electron chi connectivity index (χ4n) is 10.3. The lowest BCUT2D eigenvalue weighted by Gasteiger charge is -2.34. The van der Waals surface area contributed by atoms with Crippen molar-refractivity contribution in [1.29, 1.82) is 0 Å². The molecule has 0 bridgehead atoms. The van der Waals surface area contributed by atoms with Crippen LogP contribution in [0.5, 0.6) is 0 Å². The number of carbonyl (C=O) groups excluding carboxylic acids is 4. The van der Waals surface area contributed by atoms with Gasteiger partial charge in [-0.25, -0.2) is 24.5 Å². The number of ether oxygens (including phenoxy) is 4. The highest BCUT2D eigenvalue weighted by Crippen LogP contribution is 2.39. The minimum atomic E-state index is -0.711. The van der Waals surface area contributed by atoms with Crippen LogP contribution in [0.2, 0.25) is 0 Å². The molecule has 4 N–H and O–H groups in total. The van der Waals surface area contributed by atoms with Crippen LogP contribution in [0.25, 0.3) is 44.7 Å². The lowest BCUT2D eigenvalue weighted by atomic mass is 9.90. The number of rotatable bonds is 11. The van der Waals surface area contributed by atoms with Crippen molar-refractivity contribution >= 4 is 34.9 Å². The molecular weight excluding hydrogens is 843 g/mol. The molecule has 1 unspecified atom stereocenters. The molecule has 5 aromatic rings. The maximum Gasteiger partial charge on any atom is 0.407 e. The van der Waals surface area contributed by atoms with Gasteiger partial charge in [-0.2, -0.15) is 0 Å². The third kappa shape index (κ3) is 9.49. The van der Waals surface area contributed by atoms with E-state index in [1.165, 1.54) is 14.2 Å². The van der Waals surface area contributed by atoms with Gasteiger partial charge < -0.3 is 49.3 Å². The van der Waals surface area contributed by atoms with Crippen molar-refractivity contribution in [1.82, 2.24) is 45.4 Å². The second kappa shape index (κ2) is 19.6. The molecular formula is C49H59N9O8. The Kier molecular flexibility index (Phi) is 13.3. The first-order chi connectivity index (χ1) is 32.1. The second-order valence-electron chi connectivity index (χ2n) is 18.4. The van der Waals surface area contributed by atoms with E-state index in [4.69, 9.17) is 33.9 Å². The standard InChI is InChI=1S/C49H59N9O8/c1-28-21-40(57(26-28)46(59)42(55-48(61)63-3)32-13-17-65-18-14-32)44-50-24-38(53-44)31-7-5-30(6-8-31)34-9-11-36-35(23-34)10-12-37(52-36)39-25-51-45(54-39)41-22-29(2)27-58(41)47(60)43(56-49(62)64-4)33-15-19-66-20-16-33/h5-12,23-25,28-29,32-33,40-43H,13-22,26-27H2,1-4H3,(H,50,53)(H,51,54)(H,55,61)(H,56,62)/t28-,29-,40-,41?,42-,43-/m0/s1. The normalized spacial score (nSPS) is 22.5. The van der Waals surface area contributed by atoms with E-state index in [0.29, 0.717) is 71.0 Å². The number of amides is 4. The van der Waals surface area contributed by atoms with Crippen molar-refractivity contribution in [3.05, 3.63) is 78.6 Å². The van der Waals surface area contributed by atoms with E-state index in [-0.39, 0.29) is 47.6 Å². The molecule has 9 rings (SSSR count). The summed E-state index contributed by atoms with van der Waals surface area (Å²) in [7, 11) is 2.62. The molecule has 17 heteroatoms. The molecule has 17 nitrogen and oxygen atoms in total. The number of likely N-dealkylation sites (tertiary alicyclic amines) is 2. The van der Waals surface area contributed by atoms with Gasteiger partial charge in [-0.05, 0) is 97.1 Å². The number of pyridine rings is 1. The molecule has 0 aliphatic carbocycles. The lowest BCUT2D eigenvalue weighted by Crippen LogP contribution is -2.53. The van der Waals surface area contributed by atoms with Crippen molar-refractivity contribution in [2.24, 2.45) is 23.7 Å². The average molecular weight is 902 g/mol. The Morgan fingerprint density at radius 2 is 1.14 bits per heavy atom. The Balaban J connectivity index is 0.875. The zero-order valence-corrected chi connectivity index (χ0v) is 38.0. The maximum absolute atomic E-state index is 14.2. The van der Waals surface area contributed by atoms with Gasteiger partial charge in [0.15, 0.2) is 0 Å². The zero-order chi connectivity index (χ0) is 45.9. The summed E-state index contributed by atoms with van der Waals surface area (Å²) < 4.78 is 20.9. The third-order valence-electron chi connectivity index (χ3n) is 13.8. The van der Waals surface area contributed by atoms with E-state index < -0.39 is 24.3 Å². The number of carbonyl (C=O) groups is 4. The minimum Gasteiger partial charge on any atom is -0.453 e. The molecule has 4 amide bonds. The van der Waals surface area contributed by atoms with Gasteiger partial charge in [0.1, 0.15) is 23.7 Å². The van der Waals surface area contributed by atoms with Crippen molar-refractivity contribution in [2.45, 2.75) is 76.5 Å². The van der Waals surface area contributed by atoms with Gasteiger partial charge >= 0.3 is 12.2 Å². The van der Waals surface area contributed by atoms with Crippen LogP contribution in [0.3, 0.4) is 0 Å². The van der Waals surface area contributed by atoms with Crippen molar-refractivity contribution in [3.8, 4) is 33.8 Å². The molecule has 3 aromatic heterocycles. The van der Waals surface area contributed by atoms with E-state index in [9.17, 15) is 19.2 Å². The SMILES string of the molecule is COC(=O)N[C@H](C(=O)N1C[C@@H](C)CC1c1ncc(-c2ccc3cc(-c4ccc(-c5cnc([C@@H]6C[C@H](C)CN6C(=O)[C@@H](NC(=O)OC)C6CCOCC6)[nH]5)cc4)ccc3n2)[nH]1)C1CCOCC1. The van der Waals surface area contributed by atoms with Crippen LogP contribution >= 0.6 is 0 Å². The predicted molar refractivity (Wildman–Crippen MR) is 245 cm³/mol. The smallest absolute Gasteiger partial charge is 0.407 e. The molecule has 4 aliphatic heterocycles. The number of aromatic amines is 2. The average Bonchev–Trinajstić information content (AvgIpc) is 4.19. The van der Waals surface area contributed by atoms with E-state index >= 15 is 0 Å². The highest BCUT2D eigenvalue weighted by atomic mass is 16.5. The van der Waals surface area contributed by atoms with Gasteiger partial charge in [0.2, 0.25) is 11.8 Å². The van der Waals surface area contributed by atoms with Gasteiger partial charge in [-0.1, -0.05) is 50.2 Å². The number of alkyl carbamates (subject to hydrolysis) is 2. The molecule has 4 aliphatic rings. The second-order valence-corrected chi connectivity index (χ2v) is 18.4. The van der Waals surface area contributed by atoms with Crippen LogP contribution < -0.4 is 10.6 Å². The number of imidazole rings is 2. The summed E-state index contributed by atoms with van der Waals surface area (Å²) in [6.07, 6.45) is 6.58. The van der Waals surface area contributed by atoms with Crippen LogP contribution in [-0.2, 0) is 28.5 Å². The number of benzene rings is 2. The van der Waals surface area contributed by atoms with Gasteiger partial charge in [-0.15, -0.1) is 0 Å². The molecule has 0 spiro atoms. The number of aromatic nitrogens is 5. The Labute approximate surface area is 383 Å². The first kappa shape index (κ1) is 44.9. The summed E-state index contributed by atoms with van der Waals surface area (Å²) in [4.78, 5) is 78.2. The topological polar surface area (TPSA) is 206 Å². The molecule has 7 heterocycles. The largest absolute Gasteiger partial charge is 0.453 e. The van der Waals surface area contributed by atoms with E-state index in [0.717, 1.165) is 63.3 Å². The maximum atomic E-state index is 14.2. The number of nitrogens with one attached hydrogen (secondary N) is 4. The highest BCUT2D eigenvalue weighted by molar-refractivity contribution is 5.88. The Morgan fingerprint density at radius 1 is 0.652 bits per heavy atom. The molecule has 0 radical (unpaired) electrons. The monoisotopic (exact) mass is 901 g/mol. The summed E-state index contributed by atoms with van der Waals surface area (Å²) in [6, 6.07) is 16.6. The number of hydrogen-bond acceptors (Lipinski definition) is 11. The van der Waals surface area contributed by atoms with E-state index in [2.05, 4.69) is 76.9 Å². The van der Waals surface area contributed by atoms with Crippen molar-refractivity contribution in [3.63, 3.8) is 0 Å². The highest BCUT2D eigenvalue weighted by Gasteiger charge is 2.44. The summed E-state index contributed by atoms with van der Waals surface area (Å²) in [5.74, 6) is 1.58. The number of fused-ring (bicyclic) bond motifs is 1. The lowest BCUT2D eigenvalue weighted by molar-refractivity contribution is -0.137. The summed E-state index contributed by atoms with van der Waals surface area (Å²) in [5, 5.41) is 6.64. The molecule has 66 heavy (non-hydrogen) atoms. The van der Waals surface area contributed by atoms with Crippen LogP contribution in [0, 0.1) is 23.7 Å². The molecule has 4 fully saturated rings. The zero-order valence-electron chi connectivity index (χ0n) is 38.0. The van der Waals surface area contributed by atoms with Crippen molar-refractivity contribution in [2.75, 3.05) is 53.7 Å². The molecule has 348 valence electrons. The predicted octanol–water partition coefficient (Wildman–Crippen LogP) is 6.80. The van der Waals surface area contributed by atoms with Crippen LogP contribution in [-0.4, -0.2) is 125 Å². The summed E-state index contributed by atoms with van der Waals surface area (Å²) in [6.45, 7) is 7.59. The number of nitrogens with zero attached hydrogens (tertiary/aromatic N) is 5. The van der Waals surface area contributed by atoms with Gasteiger partial charge in [0, 0.05) is 44.9 Å². The Bertz CT molecular complexity index is 2530. The molecule has 4 saturated heterocycles. The van der Waals surface area contributed by atoms with Gasteiger partial charge in [0.25, 0.3) is 0 Å². The van der Waals surface area contributed by atoms with Gasteiger partial charge in [0.05, 0.1) is 61.3 Å². The van der Waals surface area contributed by atoms with Crippen LogP contribution in [0.1, 0.15) is 76.1 Å². The molecule has 2 aromatic carbocycles. The van der Waals surface area contributed by atoms with E-state index in [1.807, 2.05) is 28.1 Å². The quantitative estimate of drug-likeness (QED) is 0.108. The Morgan fingerprint density at radius 3 is 1.67 bits per heavy atom. The number of methoxy groups -OCH3 is 2. The third-order valence-corrected chi connectivity index (χ3v) is 13.8. The first-order valence-corrected chi connectivity index (χ1v) is 23.1.